The van der Waals surface area contributed by atoms with Gasteiger partial charge in [-0.25, -0.2) is 0 Å². The molecule has 1 aliphatic carbocycles. The van der Waals surface area contributed by atoms with E-state index in [2.05, 4.69) is 29.0 Å². The van der Waals surface area contributed by atoms with Gasteiger partial charge >= 0.3 is 0 Å². The van der Waals surface area contributed by atoms with Gasteiger partial charge in [0.25, 0.3) is 0 Å². The molecule has 1 aromatic heterocycles. The van der Waals surface area contributed by atoms with Crippen LogP contribution in [0.3, 0.4) is 0 Å². The Bertz CT molecular complexity index is 764. The van der Waals surface area contributed by atoms with Crippen molar-refractivity contribution in [3.63, 3.8) is 0 Å². The van der Waals surface area contributed by atoms with Gasteiger partial charge in [-0.3, -0.25) is 9.69 Å². The molecule has 1 N–H and O–H groups in total. The first-order chi connectivity index (χ1) is 12.7. The molecule has 1 atom stereocenters. The average molecular weight is 351 g/mol. The van der Waals surface area contributed by atoms with Gasteiger partial charge in [0.2, 0.25) is 0 Å². The van der Waals surface area contributed by atoms with Crippen LogP contribution in [0.15, 0.2) is 42.0 Å². The zero-order chi connectivity index (χ0) is 17.9. The first-order valence-electron chi connectivity index (χ1n) is 10.2. The van der Waals surface area contributed by atoms with Crippen LogP contribution in [0.1, 0.15) is 55.9 Å². The van der Waals surface area contributed by atoms with Gasteiger partial charge in [0.05, 0.1) is 5.69 Å². The van der Waals surface area contributed by atoms with E-state index in [1.54, 1.807) is 0 Å². The number of Topliss-reactive ketones (excluding diaryl/α,β-unsaturated/α-hetero) is 1. The van der Waals surface area contributed by atoms with E-state index in [4.69, 9.17) is 0 Å². The predicted octanol–water partition coefficient (Wildman–Crippen LogP) is 5.20. The lowest BCUT2D eigenvalue weighted by atomic mass is 9.84. The van der Waals surface area contributed by atoms with Crippen LogP contribution in [0.4, 0.5) is 0 Å². The Morgan fingerprint density at radius 1 is 1.19 bits per heavy atom. The highest BCUT2D eigenvalue weighted by atomic mass is 16.1. The molecule has 3 nitrogen and oxygen atoms in total. The topological polar surface area (TPSA) is 36.1 Å². The molecular weight excluding hydrogens is 320 g/mol. The third-order valence-electron chi connectivity index (χ3n) is 6.31. The number of nitrogens with one attached hydrogen (secondary N) is 1. The van der Waals surface area contributed by atoms with E-state index in [1.807, 2.05) is 24.3 Å². The maximum absolute atomic E-state index is 13.1. The number of ketones is 1. The van der Waals surface area contributed by atoms with Crippen LogP contribution in [-0.2, 0) is 0 Å². The standard InChI is InChI=1S/C23H30N2O/c1-2-18-16-25(15-17-8-4-3-5-9-17)13-12-20(18)23(26)22-14-19-10-6-7-11-21(19)24-22/h2,6-7,10-11,14,17,20,24H,3-5,8-9,12-13,15-16H2,1H3/b18-2-/t20-/m1/s1. The number of carbonyl (C=O) groups is 1. The minimum atomic E-state index is 0.0377. The molecule has 0 unspecified atom stereocenters. The fraction of sp³-hybridized carbons (Fsp3) is 0.522. The Morgan fingerprint density at radius 3 is 2.77 bits per heavy atom. The number of rotatable bonds is 4. The Hall–Kier alpha value is -1.87. The van der Waals surface area contributed by atoms with Crippen molar-refractivity contribution in [1.82, 2.24) is 9.88 Å². The number of hydrogen-bond donors (Lipinski definition) is 1. The molecule has 0 spiro atoms. The summed E-state index contributed by atoms with van der Waals surface area (Å²) in [6, 6.07) is 10.1. The molecule has 2 fully saturated rings. The van der Waals surface area contributed by atoms with E-state index in [0.29, 0.717) is 0 Å². The number of nitrogens with zero attached hydrogens (tertiary/aromatic N) is 1. The normalized spacial score (nSPS) is 24.3. The number of H-pyrrole nitrogens is 1. The highest BCUT2D eigenvalue weighted by Gasteiger charge is 2.31. The first-order valence-corrected chi connectivity index (χ1v) is 10.2. The largest absolute Gasteiger partial charge is 0.352 e. The molecule has 0 bridgehead atoms. The molecule has 0 radical (unpaired) electrons. The average Bonchev–Trinajstić information content (AvgIpc) is 3.12. The van der Waals surface area contributed by atoms with E-state index in [0.717, 1.165) is 42.0 Å². The van der Waals surface area contributed by atoms with Gasteiger partial charge in [-0.2, -0.15) is 0 Å². The third-order valence-corrected chi connectivity index (χ3v) is 6.31. The highest BCUT2D eigenvalue weighted by Crippen LogP contribution is 2.30. The quantitative estimate of drug-likeness (QED) is 0.608. The number of fused-ring (bicyclic) bond motifs is 1. The van der Waals surface area contributed by atoms with Crippen molar-refractivity contribution in [2.45, 2.75) is 45.4 Å². The molecule has 2 aromatic rings. The van der Waals surface area contributed by atoms with Crippen LogP contribution < -0.4 is 0 Å². The van der Waals surface area contributed by atoms with Crippen LogP contribution >= 0.6 is 0 Å². The number of likely N-dealkylation sites (tertiary alicyclic amines) is 1. The molecule has 2 aliphatic rings. The van der Waals surface area contributed by atoms with Crippen molar-refractivity contribution in [2.75, 3.05) is 19.6 Å². The Balaban J connectivity index is 1.44. The summed E-state index contributed by atoms with van der Waals surface area (Å²) < 4.78 is 0. The smallest absolute Gasteiger partial charge is 0.186 e. The number of para-hydroxylation sites is 1. The molecule has 4 rings (SSSR count). The number of piperidine rings is 1. The summed E-state index contributed by atoms with van der Waals surface area (Å²) in [6.45, 7) is 5.31. The van der Waals surface area contributed by atoms with Gasteiger partial charge in [-0.05, 0) is 56.4 Å². The van der Waals surface area contributed by atoms with Gasteiger partial charge in [0, 0.05) is 29.9 Å². The minimum absolute atomic E-state index is 0.0377. The predicted molar refractivity (Wildman–Crippen MR) is 108 cm³/mol. The number of allylic oxidation sites excluding steroid dienone is 1. The van der Waals surface area contributed by atoms with E-state index < -0.39 is 0 Å². The molecular formula is C23H30N2O. The van der Waals surface area contributed by atoms with Gasteiger partial charge in [0.1, 0.15) is 0 Å². The van der Waals surface area contributed by atoms with Crippen molar-refractivity contribution >= 4 is 16.7 Å². The molecule has 3 heteroatoms. The van der Waals surface area contributed by atoms with Crippen LogP contribution in [0, 0.1) is 11.8 Å². The maximum atomic E-state index is 13.1. The Morgan fingerprint density at radius 2 is 2.00 bits per heavy atom. The second-order valence-electron chi connectivity index (χ2n) is 8.08. The first kappa shape index (κ1) is 17.5. The summed E-state index contributed by atoms with van der Waals surface area (Å²) in [5.74, 6) is 1.16. The van der Waals surface area contributed by atoms with E-state index in [1.165, 1.54) is 44.2 Å². The van der Waals surface area contributed by atoms with Crippen molar-refractivity contribution < 1.29 is 4.79 Å². The summed E-state index contributed by atoms with van der Waals surface area (Å²) >= 11 is 0. The van der Waals surface area contributed by atoms with E-state index >= 15 is 0 Å². The molecule has 1 aromatic carbocycles. The fourth-order valence-electron chi connectivity index (χ4n) is 4.82. The summed E-state index contributed by atoms with van der Waals surface area (Å²) in [6.07, 6.45) is 10.1. The summed E-state index contributed by atoms with van der Waals surface area (Å²) in [4.78, 5) is 19.1. The number of carbonyl (C=O) groups excluding carboxylic acids is 1. The molecule has 1 saturated carbocycles. The molecule has 26 heavy (non-hydrogen) atoms. The molecule has 2 heterocycles. The fourth-order valence-corrected chi connectivity index (χ4v) is 4.82. The van der Waals surface area contributed by atoms with Crippen molar-refractivity contribution in [3.8, 4) is 0 Å². The highest BCUT2D eigenvalue weighted by molar-refractivity contribution is 6.02. The van der Waals surface area contributed by atoms with Crippen LogP contribution in [0.5, 0.6) is 0 Å². The second-order valence-corrected chi connectivity index (χ2v) is 8.08. The van der Waals surface area contributed by atoms with Gasteiger partial charge in [-0.1, -0.05) is 43.5 Å². The Labute approximate surface area is 156 Å². The second kappa shape index (κ2) is 7.79. The van der Waals surface area contributed by atoms with Crippen molar-refractivity contribution in [3.05, 3.63) is 47.7 Å². The molecule has 1 aliphatic heterocycles. The van der Waals surface area contributed by atoms with Crippen LogP contribution in [0.2, 0.25) is 0 Å². The number of aromatic amines is 1. The third kappa shape index (κ3) is 3.64. The minimum Gasteiger partial charge on any atom is -0.352 e. The lowest BCUT2D eigenvalue weighted by molar-refractivity contribution is 0.0885. The summed E-state index contributed by atoms with van der Waals surface area (Å²) in [5.41, 5.74) is 3.11. The Kier molecular flexibility index (Phi) is 5.26. The zero-order valence-corrected chi connectivity index (χ0v) is 15.8. The molecule has 1 saturated heterocycles. The maximum Gasteiger partial charge on any atom is 0.186 e. The number of aromatic nitrogens is 1. The van der Waals surface area contributed by atoms with Crippen LogP contribution in [-0.4, -0.2) is 35.3 Å². The zero-order valence-electron chi connectivity index (χ0n) is 15.8. The van der Waals surface area contributed by atoms with Gasteiger partial charge in [-0.15, -0.1) is 0 Å². The van der Waals surface area contributed by atoms with Crippen molar-refractivity contribution in [2.24, 2.45) is 11.8 Å². The molecule has 138 valence electrons. The number of hydrogen-bond acceptors (Lipinski definition) is 2. The summed E-state index contributed by atoms with van der Waals surface area (Å²) in [5, 5.41) is 1.12. The van der Waals surface area contributed by atoms with Crippen molar-refractivity contribution in [1.29, 1.82) is 0 Å². The monoisotopic (exact) mass is 350 g/mol. The SMILES string of the molecule is C/C=C1/CN(CC2CCCCC2)CC[C@H]1C(=O)c1cc2ccccc2[nH]1. The van der Waals surface area contributed by atoms with Gasteiger partial charge < -0.3 is 4.98 Å². The molecule has 0 amide bonds. The van der Waals surface area contributed by atoms with Gasteiger partial charge in [0.15, 0.2) is 5.78 Å². The summed E-state index contributed by atoms with van der Waals surface area (Å²) in [7, 11) is 0. The number of benzene rings is 1. The lowest BCUT2D eigenvalue weighted by Gasteiger charge is -2.36. The van der Waals surface area contributed by atoms with E-state index in [9.17, 15) is 4.79 Å². The van der Waals surface area contributed by atoms with E-state index in [-0.39, 0.29) is 11.7 Å². The van der Waals surface area contributed by atoms with Crippen LogP contribution in [0.25, 0.3) is 10.9 Å². The lowest BCUT2D eigenvalue weighted by Crippen LogP contribution is -2.41.